The van der Waals surface area contributed by atoms with Crippen LogP contribution >= 0.6 is 0 Å². The molecule has 1 rings (SSSR count). The highest BCUT2D eigenvalue weighted by atomic mass is 16.3. The average molecular weight is 253 g/mol. The number of aromatic nitrogens is 2. The Balaban J connectivity index is 2.43. The van der Waals surface area contributed by atoms with Crippen molar-refractivity contribution in [1.29, 1.82) is 0 Å². The third kappa shape index (κ3) is 6.17. The van der Waals surface area contributed by atoms with Crippen LogP contribution in [0.3, 0.4) is 0 Å². The van der Waals surface area contributed by atoms with E-state index in [9.17, 15) is 5.11 Å². The van der Waals surface area contributed by atoms with E-state index in [1.807, 2.05) is 12.3 Å². The van der Waals surface area contributed by atoms with Crippen LogP contribution < -0.4 is 0 Å². The number of hydrogen-bond donors (Lipinski definition) is 1. The summed E-state index contributed by atoms with van der Waals surface area (Å²) in [5.74, 6) is 1.25. The lowest BCUT2D eigenvalue weighted by Gasteiger charge is -2.28. The minimum atomic E-state index is -0.359. The minimum Gasteiger partial charge on any atom is -0.390 e. The minimum absolute atomic E-state index is 0.359. The van der Waals surface area contributed by atoms with Crippen LogP contribution in [0.1, 0.15) is 27.7 Å². The Labute approximate surface area is 111 Å². The zero-order valence-corrected chi connectivity index (χ0v) is 12.1. The van der Waals surface area contributed by atoms with Crippen molar-refractivity contribution in [2.45, 2.75) is 40.3 Å². The van der Waals surface area contributed by atoms with Crippen LogP contribution in [0, 0.1) is 11.8 Å². The van der Waals surface area contributed by atoms with Crippen LogP contribution in [0.25, 0.3) is 0 Å². The maximum Gasteiger partial charge on any atom is 0.0862 e. The van der Waals surface area contributed by atoms with Gasteiger partial charge in [-0.05, 0) is 17.9 Å². The molecule has 0 aromatic carbocycles. The van der Waals surface area contributed by atoms with E-state index in [-0.39, 0.29) is 6.10 Å². The highest BCUT2D eigenvalue weighted by Gasteiger charge is 2.14. The van der Waals surface area contributed by atoms with Gasteiger partial charge in [-0.3, -0.25) is 4.68 Å². The molecule has 0 aliphatic rings. The van der Waals surface area contributed by atoms with Crippen LogP contribution in [0.2, 0.25) is 0 Å². The van der Waals surface area contributed by atoms with Crippen LogP contribution in [0.4, 0.5) is 0 Å². The molecule has 0 bridgehead atoms. The van der Waals surface area contributed by atoms with Gasteiger partial charge in [0.05, 0.1) is 12.6 Å². The Morgan fingerprint density at radius 2 is 1.72 bits per heavy atom. The van der Waals surface area contributed by atoms with Crippen molar-refractivity contribution in [1.82, 2.24) is 14.7 Å². The van der Waals surface area contributed by atoms with Crippen LogP contribution in [-0.2, 0) is 6.54 Å². The van der Waals surface area contributed by atoms with Gasteiger partial charge < -0.3 is 10.0 Å². The molecular weight excluding hydrogens is 226 g/mol. The molecule has 0 saturated carbocycles. The first-order valence-electron chi connectivity index (χ1n) is 6.85. The molecule has 0 spiro atoms. The summed E-state index contributed by atoms with van der Waals surface area (Å²) in [6.07, 6.45) is 3.27. The molecule has 1 aromatic heterocycles. The Morgan fingerprint density at radius 1 is 1.11 bits per heavy atom. The smallest absolute Gasteiger partial charge is 0.0862 e. The normalized spacial score (nSPS) is 13.8. The molecule has 0 aliphatic heterocycles. The van der Waals surface area contributed by atoms with Crippen LogP contribution in [-0.4, -0.2) is 45.5 Å². The SMILES string of the molecule is CC(C)CN(CC(C)C)CC(O)Cn1cccn1. The van der Waals surface area contributed by atoms with E-state index in [0.29, 0.717) is 18.4 Å². The van der Waals surface area contributed by atoms with Gasteiger partial charge in [0.1, 0.15) is 0 Å². The zero-order valence-electron chi connectivity index (χ0n) is 12.1. The molecule has 1 atom stereocenters. The lowest BCUT2D eigenvalue weighted by molar-refractivity contribution is 0.0834. The summed E-state index contributed by atoms with van der Waals surface area (Å²) in [6, 6.07) is 1.88. The first-order chi connectivity index (χ1) is 8.47. The predicted molar refractivity (Wildman–Crippen MR) is 74.3 cm³/mol. The van der Waals surface area contributed by atoms with Crippen molar-refractivity contribution in [2.75, 3.05) is 19.6 Å². The number of aliphatic hydroxyl groups is 1. The largest absolute Gasteiger partial charge is 0.390 e. The summed E-state index contributed by atoms with van der Waals surface area (Å²) in [5, 5.41) is 14.2. The molecular formula is C14H27N3O. The van der Waals surface area contributed by atoms with Gasteiger partial charge in [0.2, 0.25) is 0 Å². The van der Waals surface area contributed by atoms with Crippen molar-refractivity contribution in [3.63, 3.8) is 0 Å². The van der Waals surface area contributed by atoms with Crippen LogP contribution in [0.15, 0.2) is 18.5 Å². The standard InChI is InChI=1S/C14H27N3O/c1-12(2)8-16(9-13(3)4)10-14(18)11-17-7-5-6-15-17/h5-7,12-14,18H,8-11H2,1-4H3. The second kappa shape index (κ2) is 7.54. The number of nitrogens with zero attached hydrogens (tertiary/aromatic N) is 3. The summed E-state index contributed by atoms with van der Waals surface area (Å²) >= 11 is 0. The monoisotopic (exact) mass is 253 g/mol. The number of aliphatic hydroxyl groups excluding tert-OH is 1. The third-order valence-corrected chi connectivity index (χ3v) is 2.67. The summed E-state index contributed by atoms with van der Waals surface area (Å²) in [4.78, 5) is 2.35. The van der Waals surface area contributed by atoms with Crippen molar-refractivity contribution in [3.8, 4) is 0 Å². The fourth-order valence-electron chi connectivity index (χ4n) is 2.24. The molecule has 0 saturated heterocycles. The van der Waals surface area contributed by atoms with Crippen molar-refractivity contribution in [3.05, 3.63) is 18.5 Å². The highest BCUT2D eigenvalue weighted by Crippen LogP contribution is 2.05. The molecule has 1 aromatic rings. The van der Waals surface area contributed by atoms with Gasteiger partial charge in [0, 0.05) is 32.0 Å². The second-order valence-corrected chi connectivity index (χ2v) is 5.89. The van der Waals surface area contributed by atoms with Gasteiger partial charge in [-0.1, -0.05) is 27.7 Å². The van der Waals surface area contributed by atoms with E-state index < -0.39 is 0 Å². The van der Waals surface area contributed by atoms with Crippen LogP contribution in [0.5, 0.6) is 0 Å². The number of rotatable bonds is 8. The fraction of sp³-hybridized carbons (Fsp3) is 0.786. The maximum absolute atomic E-state index is 10.1. The molecule has 1 N–H and O–H groups in total. The quantitative estimate of drug-likeness (QED) is 0.769. The van der Waals surface area contributed by atoms with Gasteiger partial charge in [-0.15, -0.1) is 0 Å². The molecule has 1 heterocycles. The molecule has 0 fully saturated rings. The first kappa shape index (κ1) is 15.2. The lowest BCUT2D eigenvalue weighted by atomic mass is 10.1. The molecule has 104 valence electrons. The van der Waals surface area contributed by atoms with Crippen molar-refractivity contribution < 1.29 is 5.11 Å². The van der Waals surface area contributed by atoms with Gasteiger partial charge in [-0.25, -0.2) is 0 Å². The summed E-state index contributed by atoms with van der Waals surface area (Å²) in [5.41, 5.74) is 0. The topological polar surface area (TPSA) is 41.3 Å². The summed E-state index contributed by atoms with van der Waals surface area (Å²) in [7, 11) is 0. The molecule has 18 heavy (non-hydrogen) atoms. The van der Waals surface area contributed by atoms with Crippen molar-refractivity contribution >= 4 is 0 Å². The van der Waals surface area contributed by atoms with Gasteiger partial charge in [0.25, 0.3) is 0 Å². The van der Waals surface area contributed by atoms with E-state index in [4.69, 9.17) is 0 Å². The maximum atomic E-state index is 10.1. The summed E-state index contributed by atoms with van der Waals surface area (Å²) in [6.45, 7) is 12.2. The molecule has 4 heteroatoms. The van der Waals surface area contributed by atoms with Gasteiger partial charge >= 0.3 is 0 Å². The molecule has 1 unspecified atom stereocenters. The predicted octanol–water partition coefficient (Wildman–Crippen LogP) is 1.86. The van der Waals surface area contributed by atoms with Gasteiger partial charge in [0.15, 0.2) is 0 Å². The first-order valence-corrected chi connectivity index (χ1v) is 6.85. The number of hydrogen-bond acceptors (Lipinski definition) is 3. The van der Waals surface area contributed by atoms with Crippen molar-refractivity contribution in [2.24, 2.45) is 11.8 Å². The van der Waals surface area contributed by atoms with E-state index in [1.54, 1.807) is 10.9 Å². The Hall–Kier alpha value is -0.870. The van der Waals surface area contributed by atoms with Gasteiger partial charge in [-0.2, -0.15) is 5.10 Å². The summed E-state index contributed by atoms with van der Waals surface area (Å²) < 4.78 is 1.79. The van der Waals surface area contributed by atoms with E-state index in [2.05, 4.69) is 37.7 Å². The fourth-order valence-corrected chi connectivity index (χ4v) is 2.24. The average Bonchev–Trinajstić information content (AvgIpc) is 2.67. The molecule has 4 nitrogen and oxygen atoms in total. The van der Waals surface area contributed by atoms with E-state index >= 15 is 0 Å². The van der Waals surface area contributed by atoms with E-state index in [0.717, 1.165) is 19.6 Å². The molecule has 0 radical (unpaired) electrons. The Kier molecular flexibility index (Phi) is 6.36. The van der Waals surface area contributed by atoms with E-state index in [1.165, 1.54) is 0 Å². The lowest BCUT2D eigenvalue weighted by Crippen LogP contribution is -2.39. The third-order valence-electron chi connectivity index (χ3n) is 2.67. The molecule has 0 aliphatic carbocycles. The zero-order chi connectivity index (χ0) is 13.5. The Bertz CT molecular complexity index is 299. The molecule has 0 amide bonds. The highest BCUT2D eigenvalue weighted by molar-refractivity contribution is 4.79. The second-order valence-electron chi connectivity index (χ2n) is 5.89. The Morgan fingerprint density at radius 3 is 2.17 bits per heavy atom.